The third kappa shape index (κ3) is 4.07. The fourth-order valence-electron chi connectivity index (χ4n) is 2.89. The Morgan fingerprint density at radius 2 is 2.35 bits per heavy atom. The predicted molar refractivity (Wildman–Crippen MR) is 78.9 cm³/mol. The Hall–Kier alpha value is -0.850. The molecule has 2 rings (SSSR count). The lowest BCUT2D eigenvalue weighted by Crippen LogP contribution is -2.40. The number of sulfonamides is 1. The number of piperidine rings is 1. The molecule has 1 saturated heterocycles. The minimum atomic E-state index is -3.07. The molecule has 1 aliphatic rings. The Kier molecular flexibility index (Phi) is 5.23. The van der Waals surface area contributed by atoms with Crippen LogP contribution in [0.1, 0.15) is 38.0 Å². The molecule has 0 aliphatic carbocycles. The van der Waals surface area contributed by atoms with Crippen molar-refractivity contribution >= 4 is 10.0 Å². The van der Waals surface area contributed by atoms with Crippen LogP contribution in [0.15, 0.2) is 22.8 Å². The molecule has 1 fully saturated rings. The van der Waals surface area contributed by atoms with Gasteiger partial charge in [0.25, 0.3) is 0 Å². The Labute approximate surface area is 121 Å². The van der Waals surface area contributed by atoms with E-state index in [9.17, 15) is 8.42 Å². The average molecular weight is 300 g/mol. The highest BCUT2D eigenvalue weighted by Crippen LogP contribution is 2.28. The quantitative estimate of drug-likeness (QED) is 0.873. The summed E-state index contributed by atoms with van der Waals surface area (Å²) in [6.45, 7) is 4.22. The minimum absolute atomic E-state index is 0.166. The zero-order valence-corrected chi connectivity index (χ0v) is 13.0. The summed E-state index contributed by atoms with van der Waals surface area (Å²) in [4.78, 5) is 0. The molecule has 0 aromatic carbocycles. The molecule has 1 aromatic rings. The van der Waals surface area contributed by atoms with Crippen LogP contribution in [-0.2, 0) is 10.0 Å². The summed E-state index contributed by atoms with van der Waals surface area (Å²) in [5, 5.41) is 3.42. The zero-order chi connectivity index (χ0) is 14.6. The van der Waals surface area contributed by atoms with Crippen LogP contribution in [0.2, 0.25) is 0 Å². The van der Waals surface area contributed by atoms with Gasteiger partial charge in [-0.3, -0.25) is 0 Å². The fraction of sp³-hybridized carbons (Fsp3) is 0.714. The van der Waals surface area contributed by atoms with Crippen molar-refractivity contribution < 1.29 is 12.8 Å². The van der Waals surface area contributed by atoms with Crippen molar-refractivity contribution in [3.05, 3.63) is 24.2 Å². The second-order valence-corrected chi connectivity index (χ2v) is 7.47. The first-order valence-corrected chi connectivity index (χ1v) is 9.07. The van der Waals surface area contributed by atoms with Gasteiger partial charge in [-0.25, -0.2) is 12.7 Å². The van der Waals surface area contributed by atoms with E-state index in [0.717, 1.165) is 31.6 Å². The second kappa shape index (κ2) is 6.74. The molecule has 1 aliphatic heterocycles. The summed E-state index contributed by atoms with van der Waals surface area (Å²) in [7, 11) is -3.07. The molecule has 2 unspecified atom stereocenters. The average Bonchev–Trinajstić information content (AvgIpc) is 2.91. The molecule has 114 valence electrons. The van der Waals surface area contributed by atoms with Gasteiger partial charge in [-0.1, -0.05) is 6.92 Å². The summed E-state index contributed by atoms with van der Waals surface area (Å²) in [6, 6.07) is 4.04. The first kappa shape index (κ1) is 15.5. The zero-order valence-electron chi connectivity index (χ0n) is 12.2. The maximum Gasteiger partial charge on any atom is 0.211 e. The van der Waals surface area contributed by atoms with Crippen LogP contribution in [0, 0.1) is 5.92 Å². The number of hydrogen-bond acceptors (Lipinski definition) is 4. The van der Waals surface area contributed by atoms with Crippen LogP contribution in [-0.4, -0.2) is 38.6 Å². The van der Waals surface area contributed by atoms with E-state index in [1.54, 1.807) is 10.6 Å². The van der Waals surface area contributed by atoms with Crippen LogP contribution in [0.4, 0.5) is 0 Å². The van der Waals surface area contributed by atoms with Crippen LogP contribution >= 0.6 is 0 Å². The first-order valence-electron chi connectivity index (χ1n) is 7.22. The van der Waals surface area contributed by atoms with Crippen LogP contribution in [0.5, 0.6) is 0 Å². The first-order chi connectivity index (χ1) is 9.50. The highest BCUT2D eigenvalue weighted by molar-refractivity contribution is 7.88. The predicted octanol–water partition coefficient (Wildman–Crippen LogP) is 1.99. The second-order valence-electron chi connectivity index (χ2n) is 5.49. The lowest BCUT2D eigenvalue weighted by molar-refractivity contribution is 0.230. The molecule has 5 nitrogen and oxygen atoms in total. The van der Waals surface area contributed by atoms with Crippen LogP contribution < -0.4 is 5.32 Å². The molecule has 0 saturated carbocycles. The molecule has 0 bridgehead atoms. The van der Waals surface area contributed by atoms with Gasteiger partial charge in [-0.05, 0) is 43.9 Å². The maximum absolute atomic E-state index is 11.7. The molecule has 20 heavy (non-hydrogen) atoms. The Bertz CT molecular complexity index is 498. The van der Waals surface area contributed by atoms with Crippen molar-refractivity contribution in [3.8, 4) is 0 Å². The summed E-state index contributed by atoms with van der Waals surface area (Å²) < 4.78 is 30.4. The molecule has 6 heteroatoms. The van der Waals surface area contributed by atoms with E-state index in [0.29, 0.717) is 19.0 Å². The van der Waals surface area contributed by atoms with E-state index in [4.69, 9.17) is 4.42 Å². The normalized spacial score (nSPS) is 22.8. The van der Waals surface area contributed by atoms with Gasteiger partial charge in [0.15, 0.2) is 0 Å². The van der Waals surface area contributed by atoms with Crippen molar-refractivity contribution in [2.45, 2.75) is 32.2 Å². The molecule has 0 amide bonds. The number of nitrogens with zero attached hydrogens (tertiary/aromatic N) is 1. The van der Waals surface area contributed by atoms with E-state index >= 15 is 0 Å². The lowest BCUT2D eigenvalue weighted by Gasteiger charge is -2.32. The molecule has 2 heterocycles. The fourth-order valence-corrected chi connectivity index (χ4v) is 3.83. The van der Waals surface area contributed by atoms with Crippen LogP contribution in [0.3, 0.4) is 0 Å². The molecule has 2 atom stereocenters. The standard InChI is InChI=1S/C14H24N2O3S/c1-3-15-13(14-7-5-9-19-14)10-12-6-4-8-16(11-12)20(2,17)18/h5,7,9,12-13,15H,3-4,6,8,10-11H2,1-2H3. The molecular weight excluding hydrogens is 276 g/mol. The highest BCUT2D eigenvalue weighted by Gasteiger charge is 2.28. The minimum Gasteiger partial charge on any atom is -0.468 e. The van der Waals surface area contributed by atoms with E-state index < -0.39 is 10.0 Å². The van der Waals surface area contributed by atoms with Crippen LogP contribution in [0.25, 0.3) is 0 Å². The van der Waals surface area contributed by atoms with E-state index in [1.807, 2.05) is 12.1 Å². The summed E-state index contributed by atoms with van der Waals surface area (Å²) in [5.74, 6) is 1.32. The SMILES string of the molecule is CCNC(CC1CCCN(S(C)(=O)=O)C1)c1ccco1. The van der Waals surface area contributed by atoms with Gasteiger partial charge in [0, 0.05) is 13.1 Å². The summed E-state index contributed by atoms with van der Waals surface area (Å²) in [5.41, 5.74) is 0. The monoisotopic (exact) mass is 300 g/mol. The molecular formula is C14H24N2O3S. The van der Waals surface area contributed by atoms with Crippen molar-refractivity contribution in [1.29, 1.82) is 0 Å². The van der Waals surface area contributed by atoms with E-state index in [2.05, 4.69) is 12.2 Å². The highest BCUT2D eigenvalue weighted by atomic mass is 32.2. The Balaban J connectivity index is 2.00. The third-order valence-corrected chi connectivity index (χ3v) is 5.13. The van der Waals surface area contributed by atoms with Crippen molar-refractivity contribution in [1.82, 2.24) is 9.62 Å². The van der Waals surface area contributed by atoms with Gasteiger partial charge in [-0.15, -0.1) is 0 Å². The van der Waals surface area contributed by atoms with E-state index in [1.165, 1.54) is 6.26 Å². The Morgan fingerprint density at radius 1 is 1.55 bits per heavy atom. The van der Waals surface area contributed by atoms with Gasteiger partial charge in [0.2, 0.25) is 10.0 Å². The number of nitrogens with one attached hydrogen (secondary N) is 1. The number of furan rings is 1. The molecule has 0 radical (unpaired) electrons. The lowest BCUT2D eigenvalue weighted by atomic mass is 9.91. The van der Waals surface area contributed by atoms with Gasteiger partial charge in [0.1, 0.15) is 5.76 Å². The number of hydrogen-bond donors (Lipinski definition) is 1. The largest absolute Gasteiger partial charge is 0.468 e. The van der Waals surface area contributed by atoms with Crippen molar-refractivity contribution in [2.24, 2.45) is 5.92 Å². The maximum atomic E-state index is 11.7. The third-order valence-electron chi connectivity index (χ3n) is 3.86. The van der Waals surface area contributed by atoms with Crippen molar-refractivity contribution in [2.75, 3.05) is 25.9 Å². The molecule has 0 spiro atoms. The van der Waals surface area contributed by atoms with Gasteiger partial charge < -0.3 is 9.73 Å². The topological polar surface area (TPSA) is 62.6 Å². The Morgan fingerprint density at radius 3 is 2.95 bits per heavy atom. The number of rotatable bonds is 6. The van der Waals surface area contributed by atoms with Gasteiger partial charge in [-0.2, -0.15) is 0 Å². The summed E-state index contributed by atoms with van der Waals surface area (Å²) in [6.07, 6.45) is 5.91. The van der Waals surface area contributed by atoms with E-state index in [-0.39, 0.29) is 6.04 Å². The molecule has 1 N–H and O–H groups in total. The molecule has 1 aromatic heterocycles. The summed E-state index contributed by atoms with van der Waals surface area (Å²) >= 11 is 0. The van der Waals surface area contributed by atoms with Crippen molar-refractivity contribution in [3.63, 3.8) is 0 Å². The smallest absolute Gasteiger partial charge is 0.211 e. The van der Waals surface area contributed by atoms with Gasteiger partial charge >= 0.3 is 0 Å². The van der Waals surface area contributed by atoms with Gasteiger partial charge in [0.05, 0.1) is 18.6 Å².